The fourth-order valence-electron chi connectivity index (χ4n) is 1.92. The van der Waals surface area contributed by atoms with Gasteiger partial charge in [0.2, 0.25) is 0 Å². The third-order valence-corrected chi connectivity index (χ3v) is 2.69. The number of hydrogen-bond acceptors (Lipinski definition) is 0. The molecule has 44 valence electrons. The topological polar surface area (TPSA) is 0 Å². The molecule has 0 N–H and O–H groups in total. The number of hydrogen-bond donors (Lipinski definition) is 0. The van der Waals surface area contributed by atoms with Crippen molar-refractivity contribution in [3.8, 4) is 0 Å². The van der Waals surface area contributed by atoms with Crippen molar-refractivity contribution in [3.05, 3.63) is 11.6 Å². The molecule has 0 saturated heterocycles. The molecule has 0 aliphatic heterocycles. The molecule has 0 amide bonds. The molecular formula is C8H12. The summed E-state index contributed by atoms with van der Waals surface area (Å²) in [7, 11) is 0. The van der Waals surface area contributed by atoms with Crippen LogP contribution in [0, 0.1) is 5.41 Å². The summed E-state index contributed by atoms with van der Waals surface area (Å²) in [6, 6.07) is 0. The summed E-state index contributed by atoms with van der Waals surface area (Å²) in [5.41, 5.74) is 2.36. The maximum Gasteiger partial charge on any atom is 0.00911 e. The molecule has 0 radical (unpaired) electrons. The molecule has 0 heterocycles. The number of allylic oxidation sites excluding steroid dienone is 2. The Labute approximate surface area is 50.6 Å². The minimum Gasteiger partial charge on any atom is -0.0745 e. The van der Waals surface area contributed by atoms with Gasteiger partial charge in [0.1, 0.15) is 0 Å². The SMILES string of the molecule is CC1=CC12CCCC2. The van der Waals surface area contributed by atoms with Crippen molar-refractivity contribution in [2.24, 2.45) is 5.41 Å². The summed E-state index contributed by atoms with van der Waals surface area (Å²) in [5, 5.41) is 0. The maximum absolute atomic E-state index is 2.44. The van der Waals surface area contributed by atoms with E-state index in [1.54, 1.807) is 5.57 Å². The Morgan fingerprint density at radius 3 is 2.12 bits per heavy atom. The van der Waals surface area contributed by atoms with Gasteiger partial charge in [-0.1, -0.05) is 24.5 Å². The van der Waals surface area contributed by atoms with Gasteiger partial charge >= 0.3 is 0 Å². The van der Waals surface area contributed by atoms with E-state index < -0.39 is 0 Å². The van der Waals surface area contributed by atoms with Gasteiger partial charge in [0.05, 0.1) is 0 Å². The molecule has 0 aromatic heterocycles. The Bertz CT molecular complexity index is 136. The van der Waals surface area contributed by atoms with Gasteiger partial charge in [-0.2, -0.15) is 0 Å². The van der Waals surface area contributed by atoms with E-state index in [1.165, 1.54) is 25.7 Å². The molecule has 1 fully saturated rings. The smallest absolute Gasteiger partial charge is 0.00911 e. The lowest BCUT2D eigenvalue weighted by atomic mass is 10.00. The average molecular weight is 108 g/mol. The van der Waals surface area contributed by atoms with E-state index in [1.807, 2.05) is 0 Å². The molecule has 0 unspecified atom stereocenters. The predicted molar refractivity (Wildman–Crippen MR) is 34.7 cm³/mol. The zero-order valence-electron chi connectivity index (χ0n) is 5.41. The van der Waals surface area contributed by atoms with Crippen molar-refractivity contribution in [2.45, 2.75) is 32.6 Å². The average Bonchev–Trinajstić information content (AvgIpc) is 2.29. The van der Waals surface area contributed by atoms with Crippen molar-refractivity contribution in [1.82, 2.24) is 0 Å². The van der Waals surface area contributed by atoms with Gasteiger partial charge in [0, 0.05) is 5.41 Å². The van der Waals surface area contributed by atoms with E-state index in [0.29, 0.717) is 5.41 Å². The second-order valence-corrected chi connectivity index (χ2v) is 3.19. The zero-order valence-corrected chi connectivity index (χ0v) is 5.41. The van der Waals surface area contributed by atoms with E-state index >= 15 is 0 Å². The first-order valence-electron chi connectivity index (χ1n) is 3.53. The van der Waals surface area contributed by atoms with Crippen molar-refractivity contribution in [2.75, 3.05) is 0 Å². The molecule has 0 atom stereocenters. The van der Waals surface area contributed by atoms with Gasteiger partial charge in [-0.15, -0.1) is 0 Å². The largest absolute Gasteiger partial charge is 0.0745 e. The van der Waals surface area contributed by atoms with Gasteiger partial charge in [-0.05, 0) is 19.8 Å². The highest BCUT2D eigenvalue weighted by atomic mass is 14.5. The van der Waals surface area contributed by atoms with Crippen molar-refractivity contribution >= 4 is 0 Å². The summed E-state index contributed by atoms with van der Waals surface area (Å²) in [6.07, 6.45) is 8.29. The Morgan fingerprint density at radius 2 is 1.88 bits per heavy atom. The first-order chi connectivity index (χ1) is 3.83. The normalized spacial score (nSPS) is 30.9. The van der Waals surface area contributed by atoms with Crippen molar-refractivity contribution < 1.29 is 0 Å². The minimum absolute atomic E-state index is 0.694. The molecule has 0 nitrogen and oxygen atoms in total. The van der Waals surface area contributed by atoms with Gasteiger partial charge in [-0.25, -0.2) is 0 Å². The predicted octanol–water partition coefficient (Wildman–Crippen LogP) is 2.51. The molecular weight excluding hydrogens is 96.1 g/mol. The molecule has 2 aliphatic rings. The quantitative estimate of drug-likeness (QED) is 0.418. The van der Waals surface area contributed by atoms with Gasteiger partial charge in [0.25, 0.3) is 0 Å². The molecule has 0 bridgehead atoms. The van der Waals surface area contributed by atoms with Gasteiger partial charge in [0.15, 0.2) is 0 Å². The lowest BCUT2D eigenvalue weighted by molar-refractivity contribution is 0.576. The van der Waals surface area contributed by atoms with Crippen LogP contribution in [0.15, 0.2) is 11.6 Å². The zero-order chi connectivity index (χ0) is 5.61. The Balaban J connectivity index is 2.09. The van der Waals surface area contributed by atoms with Crippen LogP contribution >= 0.6 is 0 Å². The first kappa shape index (κ1) is 4.60. The third kappa shape index (κ3) is 0.410. The molecule has 0 aromatic rings. The van der Waals surface area contributed by atoms with E-state index in [-0.39, 0.29) is 0 Å². The highest BCUT2D eigenvalue weighted by molar-refractivity contribution is 5.37. The highest BCUT2D eigenvalue weighted by Crippen LogP contribution is 2.55. The Morgan fingerprint density at radius 1 is 1.38 bits per heavy atom. The molecule has 0 aromatic carbocycles. The van der Waals surface area contributed by atoms with E-state index in [9.17, 15) is 0 Å². The van der Waals surface area contributed by atoms with Gasteiger partial charge in [-0.3, -0.25) is 0 Å². The lowest BCUT2D eigenvalue weighted by Gasteiger charge is -2.04. The van der Waals surface area contributed by atoms with Crippen LogP contribution in [0.3, 0.4) is 0 Å². The highest BCUT2D eigenvalue weighted by Gasteiger charge is 2.42. The molecule has 1 saturated carbocycles. The maximum atomic E-state index is 2.44. The third-order valence-electron chi connectivity index (χ3n) is 2.69. The van der Waals surface area contributed by atoms with Crippen molar-refractivity contribution in [1.29, 1.82) is 0 Å². The van der Waals surface area contributed by atoms with Crippen LogP contribution in [-0.2, 0) is 0 Å². The van der Waals surface area contributed by atoms with Crippen LogP contribution in [0.2, 0.25) is 0 Å². The second-order valence-electron chi connectivity index (χ2n) is 3.19. The number of rotatable bonds is 0. The fraction of sp³-hybridized carbons (Fsp3) is 0.750. The molecule has 0 heteroatoms. The standard InChI is InChI=1S/C8H12/c1-7-6-8(7)4-2-3-5-8/h6H,2-5H2,1H3. The molecule has 2 aliphatic carbocycles. The fourth-order valence-corrected chi connectivity index (χ4v) is 1.92. The molecule has 2 rings (SSSR count). The van der Waals surface area contributed by atoms with Crippen LogP contribution in [0.25, 0.3) is 0 Å². The minimum atomic E-state index is 0.694. The summed E-state index contributed by atoms with van der Waals surface area (Å²) < 4.78 is 0. The lowest BCUT2D eigenvalue weighted by Crippen LogP contribution is -1.94. The van der Waals surface area contributed by atoms with Gasteiger partial charge < -0.3 is 0 Å². The Hall–Kier alpha value is -0.260. The second kappa shape index (κ2) is 1.18. The van der Waals surface area contributed by atoms with Crippen LogP contribution in [0.5, 0.6) is 0 Å². The van der Waals surface area contributed by atoms with E-state index in [0.717, 1.165) is 0 Å². The van der Waals surface area contributed by atoms with Crippen LogP contribution < -0.4 is 0 Å². The van der Waals surface area contributed by atoms with E-state index in [2.05, 4.69) is 13.0 Å². The van der Waals surface area contributed by atoms with E-state index in [4.69, 9.17) is 0 Å². The van der Waals surface area contributed by atoms with Crippen LogP contribution in [-0.4, -0.2) is 0 Å². The molecule has 1 spiro atoms. The van der Waals surface area contributed by atoms with Crippen molar-refractivity contribution in [3.63, 3.8) is 0 Å². The summed E-state index contributed by atoms with van der Waals surface area (Å²) >= 11 is 0. The Kier molecular flexibility index (Phi) is 0.677. The summed E-state index contributed by atoms with van der Waals surface area (Å²) in [4.78, 5) is 0. The summed E-state index contributed by atoms with van der Waals surface area (Å²) in [6.45, 7) is 2.27. The molecule has 8 heavy (non-hydrogen) atoms. The van der Waals surface area contributed by atoms with Crippen LogP contribution in [0.1, 0.15) is 32.6 Å². The monoisotopic (exact) mass is 108 g/mol. The van der Waals surface area contributed by atoms with Crippen LogP contribution in [0.4, 0.5) is 0 Å². The summed E-state index contributed by atoms with van der Waals surface area (Å²) in [5.74, 6) is 0. The first-order valence-corrected chi connectivity index (χ1v) is 3.53.